The standard InChI is InChI=1S/C15H23NO4/c1-10(2)16(4)15(18)9-20-14-8-12(19-5)6-7-13(14)11(3)17/h6-8,10-11,17H,9H2,1-5H3. The van der Waals surface area contributed by atoms with Crippen LogP contribution in [0.25, 0.3) is 0 Å². The third-order valence-electron chi connectivity index (χ3n) is 3.19. The van der Waals surface area contributed by atoms with Crippen molar-refractivity contribution in [1.29, 1.82) is 0 Å². The minimum atomic E-state index is -0.672. The predicted molar refractivity (Wildman–Crippen MR) is 77.0 cm³/mol. The molecule has 0 radical (unpaired) electrons. The van der Waals surface area contributed by atoms with E-state index in [9.17, 15) is 9.90 Å². The summed E-state index contributed by atoms with van der Waals surface area (Å²) in [4.78, 5) is 13.5. The van der Waals surface area contributed by atoms with E-state index in [0.717, 1.165) is 0 Å². The van der Waals surface area contributed by atoms with Crippen molar-refractivity contribution in [3.05, 3.63) is 23.8 Å². The molecule has 0 saturated carbocycles. The van der Waals surface area contributed by atoms with Crippen LogP contribution in [0.1, 0.15) is 32.4 Å². The lowest BCUT2D eigenvalue weighted by Gasteiger charge is -2.22. The Bertz CT molecular complexity index is 457. The number of hydrogen-bond acceptors (Lipinski definition) is 4. The molecule has 1 unspecified atom stereocenters. The molecule has 0 bridgehead atoms. The van der Waals surface area contributed by atoms with Crippen molar-refractivity contribution >= 4 is 5.91 Å². The fraction of sp³-hybridized carbons (Fsp3) is 0.533. The van der Waals surface area contributed by atoms with Gasteiger partial charge in [0.2, 0.25) is 0 Å². The topological polar surface area (TPSA) is 59.0 Å². The molecule has 0 heterocycles. The first kappa shape index (κ1) is 16.3. The Morgan fingerprint density at radius 3 is 2.50 bits per heavy atom. The number of carbonyl (C=O) groups is 1. The van der Waals surface area contributed by atoms with Gasteiger partial charge in [0.05, 0.1) is 13.2 Å². The largest absolute Gasteiger partial charge is 0.497 e. The second-order valence-electron chi connectivity index (χ2n) is 4.97. The molecule has 5 heteroatoms. The molecule has 1 aromatic rings. The fourth-order valence-electron chi connectivity index (χ4n) is 1.64. The number of carbonyl (C=O) groups excluding carboxylic acids is 1. The first-order valence-electron chi connectivity index (χ1n) is 6.61. The van der Waals surface area contributed by atoms with Crippen molar-refractivity contribution in [2.45, 2.75) is 32.9 Å². The first-order chi connectivity index (χ1) is 9.36. The fourth-order valence-corrected chi connectivity index (χ4v) is 1.64. The van der Waals surface area contributed by atoms with Gasteiger partial charge in [-0.05, 0) is 32.9 Å². The molecule has 1 atom stereocenters. The van der Waals surface area contributed by atoms with E-state index in [2.05, 4.69) is 0 Å². The molecule has 0 fully saturated rings. The SMILES string of the molecule is COc1ccc(C(C)O)c(OCC(=O)N(C)C(C)C)c1. The number of aliphatic hydroxyl groups excluding tert-OH is 1. The van der Waals surface area contributed by atoms with Crippen LogP contribution in [0.3, 0.4) is 0 Å². The van der Waals surface area contributed by atoms with E-state index in [1.807, 2.05) is 13.8 Å². The Labute approximate surface area is 120 Å². The molecule has 1 rings (SSSR count). The van der Waals surface area contributed by atoms with Crippen LogP contribution >= 0.6 is 0 Å². The summed E-state index contributed by atoms with van der Waals surface area (Å²) in [5.41, 5.74) is 0.630. The highest BCUT2D eigenvalue weighted by Crippen LogP contribution is 2.29. The maximum Gasteiger partial charge on any atom is 0.260 e. The molecule has 0 aliphatic heterocycles. The Morgan fingerprint density at radius 1 is 1.35 bits per heavy atom. The Balaban J connectivity index is 2.83. The van der Waals surface area contributed by atoms with Crippen LogP contribution < -0.4 is 9.47 Å². The van der Waals surface area contributed by atoms with E-state index in [-0.39, 0.29) is 18.6 Å². The lowest BCUT2D eigenvalue weighted by Crippen LogP contribution is -2.36. The molecule has 1 N–H and O–H groups in total. The van der Waals surface area contributed by atoms with Crippen LogP contribution in [-0.2, 0) is 4.79 Å². The second-order valence-corrected chi connectivity index (χ2v) is 4.97. The summed E-state index contributed by atoms with van der Waals surface area (Å²) in [5.74, 6) is 0.971. The number of likely N-dealkylation sites (N-methyl/N-ethyl adjacent to an activating group) is 1. The molecule has 1 amide bonds. The minimum Gasteiger partial charge on any atom is -0.497 e. The van der Waals surface area contributed by atoms with Gasteiger partial charge in [-0.15, -0.1) is 0 Å². The van der Waals surface area contributed by atoms with Gasteiger partial charge in [-0.2, -0.15) is 0 Å². The van der Waals surface area contributed by atoms with E-state index < -0.39 is 6.10 Å². The van der Waals surface area contributed by atoms with Gasteiger partial charge in [0.15, 0.2) is 6.61 Å². The lowest BCUT2D eigenvalue weighted by atomic mass is 10.1. The highest BCUT2D eigenvalue weighted by molar-refractivity contribution is 5.77. The summed E-state index contributed by atoms with van der Waals surface area (Å²) >= 11 is 0. The molecule has 0 aromatic heterocycles. The van der Waals surface area contributed by atoms with Gasteiger partial charge in [-0.25, -0.2) is 0 Å². The lowest BCUT2D eigenvalue weighted by molar-refractivity contribution is -0.133. The van der Waals surface area contributed by atoms with E-state index >= 15 is 0 Å². The van der Waals surface area contributed by atoms with E-state index in [1.165, 1.54) is 0 Å². The zero-order valence-electron chi connectivity index (χ0n) is 12.7. The van der Waals surface area contributed by atoms with Crippen LogP contribution in [0, 0.1) is 0 Å². The molecule has 112 valence electrons. The first-order valence-corrected chi connectivity index (χ1v) is 6.61. The molecule has 0 spiro atoms. The maximum atomic E-state index is 11.9. The van der Waals surface area contributed by atoms with E-state index in [0.29, 0.717) is 17.1 Å². The van der Waals surface area contributed by atoms with Crippen LogP contribution in [0.5, 0.6) is 11.5 Å². The quantitative estimate of drug-likeness (QED) is 0.866. The average molecular weight is 281 g/mol. The summed E-state index contributed by atoms with van der Waals surface area (Å²) < 4.78 is 10.7. The van der Waals surface area contributed by atoms with Crippen molar-refractivity contribution in [2.24, 2.45) is 0 Å². The number of amides is 1. The summed E-state index contributed by atoms with van der Waals surface area (Å²) in [6, 6.07) is 5.27. The number of hydrogen-bond donors (Lipinski definition) is 1. The highest BCUT2D eigenvalue weighted by Gasteiger charge is 2.15. The Morgan fingerprint density at radius 2 is 2.00 bits per heavy atom. The van der Waals surface area contributed by atoms with E-state index in [1.54, 1.807) is 44.2 Å². The number of benzene rings is 1. The normalized spacial score (nSPS) is 12.2. The number of aliphatic hydroxyl groups is 1. The van der Waals surface area contributed by atoms with Gasteiger partial charge in [0.1, 0.15) is 11.5 Å². The molecule has 0 aliphatic rings. The summed E-state index contributed by atoms with van der Waals surface area (Å²) in [6.07, 6.45) is -0.672. The van der Waals surface area contributed by atoms with Gasteiger partial charge in [0.25, 0.3) is 5.91 Å². The third kappa shape index (κ3) is 4.13. The summed E-state index contributed by atoms with van der Waals surface area (Å²) in [7, 11) is 3.29. The summed E-state index contributed by atoms with van der Waals surface area (Å²) in [6.45, 7) is 5.45. The van der Waals surface area contributed by atoms with Crippen LogP contribution in [0.4, 0.5) is 0 Å². The van der Waals surface area contributed by atoms with Crippen LogP contribution in [-0.4, -0.2) is 42.7 Å². The zero-order valence-corrected chi connectivity index (χ0v) is 12.7. The van der Waals surface area contributed by atoms with Gasteiger partial charge >= 0.3 is 0 Å². The smallest absolute Gasteiger partial charge is 0.260 e. The Kier molecular flexibility index (Phi) is 5.82. The predicted octanol–water partition coefficient (Wildman–Crippen LogP) is 1.99. The van der Waals surface area contributed by atoms with Crippen molar-refractivity contribution in [2.75, 3.05) is 20.8 Å². The number of methoxy groups -OCH3 is 1. The van der Waals surface area contributed by atoms with E-state index in [4.69, 9.17) is 9.47 Å². The van der Waals surface area contributed by atoms with Gasteiger partial charge in [0, 0.05) is 24.7 Å². The highest BCUT2D eigenvalue weighted by atomic mass is 16.5. The molecule has 5 nitrogen and oxygen atoms in total. The number of ether oxygens (including phenoxy) is 2. The Hall–Kier alpha value is -1.75. The van der Waals surface area contributed by atoms with Gasteiger partial charge in [-0.1, -0.05) is 0 Å². The molecule has 20 heavy (non-hydrogen) atoms. The molecular weight excluding hydrogens is 258 g/mol. The third-order valence-corrected chi connectivity index (χ3v) is 3.19. The second kappa shape index (κ2) is 7.14. The molecule has 0 saturated heterocycles. The molecule has 1 aromatic carbocycles. The van der Waals surface area contributed by atoms with Gasteiger partial charge < -0.3 is 19.5 Å². The minimum absolute atomic E-state index is 0.0679. The van der Waals surface area contributed by atoms with Crippen LogP contribution in [0.15, 0.2) is 18.2 Å². The maximum absolute atomic E-state index is 11.9. The van der Waals surface area contributed by atoms with Gasteiger partial charge in [-0.3, -0.25) is 4.79 Å². The monoisotopic (exact) mass is 281 g/mol. The van der Waals surface area contributed by atoms with Crippen molar-refractivity contribution in [3.63, 3.8) is 0 Å². The van der Waals surface area contributed by atoms with Crippen molar-refractivity contribution in [1.82, 2.24) is 4.90 Å². The zero-order chi connectivity index (χ0) is 15.3. The van der Waals surface area contributed by atoms with Crippen molar-refractivity contribution in [3.8, 4) is 11.5 Å². The summed E-state index contributed by atoms with van der Waals surface area (Å²) in [5, 5.41) is 9.71. The van der Waals surface area contributed by atoms with Crippen molar-refractivity contribution < 1.29 is 19.4 Å². The number of rotatable bonds is 6. The molecule has 0 aliphatic carbocycles. The van der Waals surface area contributed by atoms with Crippen LogP contribution in [0.2, 0.25) is 0 Å². The number of nitrogens with zero attached hydrogens (tertiary/aromatic N) is 1. The molecular formula is C15H23NO4. The average Bonchev–Trinajstić information content (AvgIpc) is 2.42.